The Morgan fingerprint density at radius 3 is 2.57 bits per heavy atom. The summed E-state index contributed by atoms with van der Waals surface area (Å²) in [6.45, 7) is 2.61. The van der Waals surface area contributed by atoms with Gasteiger partial charge in [0.2, 0.25) is 5.91 Å². The molecule has 3 aromatic heterocycles. The van der Waals surface area contributed by atoms with E-state index in [0.717, 1.165) is 5.56 Å². The number of carbonyl (C=O) groups is 2. The van der Waals surface area contributed by atoms with Gasteiger partial charge in [-0.05, 0) is 36.8 Å². The minimum Gasteiger partial charge on any atom is -0.497 e. The lowest BCUT2D eigenvalue weighted by Crippen LogP contribution is -2.16. The van der Waals surface area contributed by atoms with Crippen LogP contribution in [0.5, 0.6) is 5.75 Å². The molecule has 0 bridgehead atoms. The van der Waals surface area contributed by atoms with Crippen molar-refractivity contribution in [3.63, 3.8) is 0 Å². The van der Waals surface area contributed by atoms with Gasteiger partial charge in [-0.3, -0.25) is 9.78 Å². The average molecular weight is 510 g/mol. The number of carbonyl (C=O) groups excluding carboxylic acids is 2. The van der Waals surface area contributed by atoms with Crippen LogP contribution in [0.2, 0.25) is 0 Å². The van der Waals surface area contributed by atoms with Crippen LogP contribution < -0.4 is 10.1 Å². The van der Waals surface area contributed by atoms with Crippen molar-refractivity contribution < 1.29 is 19.1 Å². The first-order valence-corrected chi connectivity index (χ1v) is 12.5. The van der Waals surface area contributed by atoms with Crippen LogP contribution in [0.15, 0.2) is 59.2 Å². The maximum Gasteiger partial charge on any atom is 0.341 e. The first-order valence-electron chi connectivity index (χ1n) is 10.7. The second-order valence-corrected chi connectivity index (χ2v) is 9.00. The predicted molar refractivity (Wildman–Crippen MR) is 136 cm³/mol. The minimum atomic E-state index is -0.522. The number of rotatable bonds is 9. The molecule has 0 saturated heterocycles. The molecule has 4 aromatic rings. The molecule has 1 N–H and O–H groups in total. The summed E-state index contributed by atoms with van der Waals surface area (Å²) >= 11 is 2.53. The molecule has 1 aromatic carbocycles. The summed E-state index contributed by atoms with van der Waals surface area (Å²) < 4.78 is 12.1. The fraction of sp³-hybridized carbons (Fsp3) is 0.208. The van der Waals surface area contributed by atoms with Gasteiger partial charge < -0.3 is 19.4 Å². The zero-order chi connectivity index (χ0) is 24.8. The molecule has 9 nitrogen and oxygen atoms in total. The van der Waals surface area contributed by atoms with Gasteiger partial charge in [0.05, 0.1) is 20.0 Å². The average Bonchev–Trinajstić information content (AvgIpc) is 3.51. The molecule has 0 saturated carbocycles. The molecule has 0 aliphatic heterocycles. The second kappa shape index (κ2) is 11.2. The maximum atomic E-state index is 12.8. The summed E-state index contributed by atoms with van der Waals surface area (Å²) in [6, 6.07) is 12.9. The van der Waals surface area contributed by atoms with Gasteiger partial charge in [0.15, 0.2) is 11.0 Å². The molecule has 0 aliphatic carbocycles. The zero-order valence-electron chi connectivity index (χ0n) is 19.3. The Balaban J connectivity index is 1.50. The van der Waals surface area contributed by atoms with Gasteiger partial charge in [0.25, 0.3) is 0 Å². The van der Waals surface area contributed by atoms with Crippen LogP contribution in [0.3, 0.4) is 0 Å². The van der Waals surface area contributed by atoms with Crippen LogP contribution >= 0.6 is 23.1 Å². The number of pyridine rings is 1. The second-order valence-electron chi connectivity index (χ2n) is 7.18. The van der Waals surface area contributed by atoms with Gasteiger partial charge in [-0.25, -0.2) is 4.79 Å². The Morgan fingerprint density at radius 2 is 1.91 bits per heavy atom. The highest BCUT2D eigenvalue weighted by Crippen LogP contribution is 2.37. The fourth-order valence-electron chi connectivity index (χ4n) is 3.40. The lowest BCUT2D eigenvalue weighted by molar-refractivity contribution is -0.113. The number of hydrogen-bond donors (Lipinski definition) is 1. The normalized spacial score (nSPS) is 10.7. The molecular formula is C24H23N5O4S2. The lowest BCUT2D eigenvalue weighted by Gasteiger charge is -2.09. The highest BCUT2D eigenvalue weighted by molar-refractivity contribution is 7.99. The number of thioether (sulfide) groups is 1. The third-order valence-electron chi connectivity index (χ3n) is 5.09. The van der Waals surface area contributed by atoms with Crippen molar-refractivity contribution in [2.75, 3.05) is 25.3 Å². The predicted octanol–water partition coefficient (Wildman–Crippen LogP) is 4.61. The number of benzene rings is 1. The third kappa shape index (κ3) is 5.36. The van der Waals surface area contributed by atoms with Crippen LogP contribution in [0.25, 0.3) is 22.6 Å². The number of methoxy groups -OCH3 is 2. The number of nitrogens with one attached hydrogen (secondary N) is 1. The van der Waals surface area contributed by atoms with E-state index in [0.29, 0.717) is 45.1 Å². The van der Waals surface area contributed by atoms with Gasteiger partial charge >= 0.3 is 5.97 Å². The van der Waals surface area contributed by atoms with E-state index in [1.54, 1.807) is 13.3 Å². The molecule has 0 aliphatic rings. The van der Waals surface area contributed by atoms with Gasteiger partial charge in [0, 0.05) is 23.7 Å². The van der Waals surface area contributed by atoms with Crippen LogP contribution in [0, 0.1) is 0 Å². The van der Waals surface area contributed by atoms with Gasteiger partial charge in [-0.2, -0.15) is 0 Å². The lowest BCUT2D eigenvalue weighted by atomic mass is 10.0. The van der Waals surface area contributed by atoms with Crippen molar-refractivity contribution in [1.29, 1.82) is 0 Å². The van der Waals surface area contributed by atoms with E-state index >= 15 is 0 Å². The van der Waals surface area contributed by atoms with Crippen molar-refractivity contribution in [2.24, 2.45) is 0 Å². The molecule has 11 heteroatoms. The fourth-order valence-corrected chi connectivity index (χ4v) is 5.17. The standard InChI is InChI=1S/C24H23N5O4S2/c1-4-29-21(18-7-5-6-12-25-18)27-28-24(29)35-14-19(30)26-22-20(23(31)33-3)17(13-34-22)15-8-10-16(32-2)11-9-15/h5-13H,4,14H2,1-3H3,(H,26,30). The number of esters is 1. The zero-order valence-corrected chi connectivity index (χ0v) is 21.0. The Hall–Kier alpha value is -3.70. The molecule has 0 unspecified atom stereocenters. The number of anilines is 1. The molecule has 0 atom stereocenters. The highest BCUT2D eigenvalue weighted by atomic mass is 32.2. The van der Waals surface area contributed by atoms with E-state index < -0.39 is 5.97 Å². The quantitative estimate of drug-likeness (QED) is 0.257. The Kier molecular flexibility index (Phi) is 7.78. The topological polar surface area (TPSA) is 108 Å². The van der Waals surface area contributed by atoms with Gasteiger partial charge in [0.1, 0.15) is 22.0 Å². The van der Waals surface area contributed by atoms with Gasteiger partial charge in [-0.15, -0.1) is 21.5 Å². The number of thiophene rings is 1. The SMILES string of the molecule is CCn1c(SCC(=O)Nc2scc(-c3ccc(OC)cc3)c2C(=O)OC)nnc1-c1ccccn1. The molecule has 1 amide bonds. The summed E-state index contributed by atoms with van der Waals surface area (Å²) in [5.41, 5.74) is 2.52. The van der Waals surface area contributed by atoms with Crippen molar-refractivity contribution in [3.05, 3.63) is 59.6 Å². The van der Waals surface area contributed by atoms with E-state index in [1.165, 1.54) is 30.2 Å². The third-order valence-corrected chi connectivity index (χ3v) is 6.96. The summed E-state index contributed by atoms with van der Waals surface area (Å²) in [5.74, 6) is 0.655. The monoisotopic (exact) mass is 509 g/mol. The maximum absolute atomic E-state index is 12.8. The molecule has 35 heavy (non-hydrogen) atoms. The summed E-state index contributed by atoms with van der Waals surface area (Å²) in [7, 11) is 2.91. The van der Waals surface area contributed by atoms with Crippen molar-refractivity contribution in [3.8, 4) is 28.4 Å². The minimum absolute atomic E-state index is 0.0940. The first-order chi connectivity index (χ1) is 17.0. The van der Waals surface area contributed by atoms with Gasteiger partial charge in [-0.1, -0.05) is 30.0 Å². The van der Waals surface area contributed by atoms with E-state index in [9.17, 15) is 9.59 Å². The molecule has 0 radical (unpaired) electrons. The summed E-state index contributed by atoms with van der Waals surface area (Å²) in [6.07, 6.45) is 1.70. The number of nitrogens with zero attached hydrogens (tertiary/aromatic N) is 4. The molecule has 180 valence electrons. The highest BCUT2D eigenvalue weighted by Gasteiger charge is 2.23. The summed E-state index contributed by atoms with van der Waals surface area (Å²) in [5, 5.41) is 14.2. The Labute approximate surface area is 210 Å². The molecular weight excluding hydrogens is 486 g/mol. The molecule has 0 fully saturated rings. The van der Waals surface area contributed by atoms with Crippen molar-refractivity contribution in [2.45, 2.75) is 18.6 Å². The molecule has 0 spiro atoms. The van der Waals surface area contributed by atoms with E-state index in [1.807, 2.05) is 59.3 Å². The van der Waals surface area contributed by atoms with E-state index in [4.69, 9.17) is 9.47 Å². The number of ether oxygens (including phenoxy) is 2. The summed E-state index contributed by atoms with van der Waals surface area (Å²) in [4.78, 5) is 29.7. The van der Waals surface area contributed by atoms with E-state index in [2.05, 4.69) is 20.5 Å². The van der Waals surface area contributed by atoms with Crippen LogP contribution in [-0.2, 0) is 16.1 Å². The Morgan fingerprint density at radius 1 is 1.11 bits per heavy atom. The van der Waals surface area contributed by atoms with Crippen LogP contribution in [0.1, 0.15) is 17.3 Å². The van der Waals surface area contributed by atoms with Crippen LogP contribution in [-0.4, -0.2) is 51.6 Å². The van der Waals surface area contributed by atoms with Crippen molar-refractivity contribution in [1.82, 2.24) is 19.7 Å². The van der Waals surface area contributed by atoms with Crippen molar-refractivity contribution >= 4 is 40.0 Å². The number of aromatic nitrogens is 4. The molecule has 4 rings (SSSR count). The Bertz CT molecular complexity index is 1320. The first kappa shape index (κ1) is 24.4. The molecule has 3 heterocycles. The smallest absolute Gasteiger partial charge is 0.341 e. The van der Waals surface area contributed by atoms with E-state index in [-0.39, 0.29) is 11.7 Å². The number of amides is 1. The largest absolute Gasteiger partial charge is 0.497 e. The number of hydrogen-bond acceptors (Lipinski definition) is 9. The van der Waals surface area contributed by atoms with Crippen LogP contribution in [0.4, 0.5) is 5.00 Å².